The summed E-state index contributed by atoms with van der Waals surface area (Å²) in [7, 11) is 0. The van der Waals surface area contributed by atoms with Crippen molar-refractivity contribution in [1.82, 2.24) is 4.90 Å². The smallest absolute Gasteiger partial charge is 0.405 e. The van der Waals surface area contributed by atoms with E-state index in [9.17, 15) is 9.18 Å². The Morgan fingerprint density at radius 3 is 2.41 bits per heavy atom. The normalized spacial score (nSPS) is 16.1. The first-order valence-electron chi connectivity index (χ1n) is 9.27. The third kappa shape index (κ3) is 5.20. The number of nitrogens with two attached hydrogens (primary N) is 1. The molecular weight excluding hydrogens is 345 g/mol. The van der Waals surface area contributed by atoms with Crippen LogP contribution in [0, 0.1) is 12.7 Å². The summed E-state index contributed by atoms with van der Waals surface area (Å²) in [5.41, 5.74) is 8.55. The molecule has 5 nitrogen and oxygen atoms in total. The number of aryl methyl sites for hydroxylation is 1. The highest BCUT2D eigenvalue weighted by Gasteiger charge is 2.21. The molecule has 0 aromatic heterocycles. The molecule has 1 aliphatic rings. The van der Waals surface area contributed by atoms with Crippen molar-refractivity contribution in [1.29, 1.82) is 0 Å². The van der Waals surface area contributed by atoms with Crippen molar-refractivity contribution in [3.63, 3.8) is 0 Å². The van der Waals surface area contributed by atoms with E-state index in [0.717, 1.165) is 38.3 Å². The van der Waals surface area contributed by atoms with E-state index in [-0.39, 0.29) is 5.82 Å². The average Bonchev–Trinajstić information content (AvgIpc) is 2.66. The number of anilines is 1. The second-order valence-corrected chi connectivity index (χ2v) is 6.88. The van der Waals surface area contributed by atoms with Crippen molar-refractivity contribution >= 4 is 11.8 Å². The van der Waals surface area contributed by atoms with E-state index in [1.54, 1.807) is 12.1 Å². The highest BCUT2D eigenvalue weighted by Crippen LogP contribution is 2.24. The van der Waals surface area contributed by atoms with E-state index in [0.29, 0.717) is 6.42 Å². The van der Waals surface area contributed by atoms with Crippen LogP contribution in [-0.2, 0) is 4.74 Å². The number of para-hydroxylation sites is 1. The molecule has 2 N–H and O–H groups in total. The highest BCUT2D eigenvalue weighted by molar-refractivity contribution is 5.65. The topological polar surface area (TPSA) is 58.8 Å². The second-order valence-electron chi connectivity index (χ2n) is 6.88. The molecule has 2 aromatic carbocycles. The van der Waals surface area contributed by atoms with Gasteiger partial charge < -0.3 is 15.4 Å². The molecule has 1 heterocycles. The van der Waals surface area contributed by atoms with Crippen molar-refractivity contribution in [2.24, 2.45) is 5.73 Å². The van der Waals surface area contributed by atoms with E-state index in [1.807, 2.05) is 0 Å². The summed E-state index contributed by atoms with van der Waals surface area (Å²) in [5, 5.41) is 0. The van der Waals surface area contributed by atoms with Crippen LogP contribution in [0.5, 0.6) is 0 Å². The number of benzene rings is 2. The highest BCUT2D eigenvalue weighted by atomic mass is 19.1. The number of piperazine rings is 1. The summed E-state index contributed by atoms with van der Waals surface area (Å²) in [5.74, 6) is -0.316. The van der Waals surface area contributed by atoms with Crippen LogP contribution in [0.4, 0.5) is 14.9 Å². The molecule has 3 rings (SSSR count). The van der Waals surface area contributed by atoms with Crippen LogP contribution in [0.1, 0.15) is 23.7 Å². The van der Waals surface area contributed by atoms with Crippen LogP contribution >= 0.6 is 0 Å². The molecule has 1 saturated heterocycles. The first-order chi connectivity index (χ1) is 13.0. The number of primary amides is 1. The number of amides is 1. The molecule has 2 aromatic rings. The Balaban J connectivity index is 1.55. The molecule has 0 aliphatic carbocycles. The van der Waals surface area contributed by atoms with Gasteiger partial charge in [0.2, 0.25) is 0 Å². The molecular formula is C21H26FN3O2. The van der Waals surface area contributed by atoms with Crippen LogP contribution < -0.4 is 10.6 Å². The summed E-state index contributed by atoms with van der Waals surface area (Å²) >= 11 is 0. The quantitative estimate of drug-likeness (QED) is 0.845. The van der Waals surface area contributed by atoms with Gasteiger partial charge in [-0.2, -0.15) is 0 Å². The van der Waals surface area contributed by atoms with E-state index >= 15 is 0 Å². The van der Waals surface area contributed by atoms with Crippen LogP contribution in [0.15, 0.2) is 48.5 Å². The lowest BCUT2D eigenvalue weighted by molar-refractivity contribution is 0.0910. The SMILES string of the molecule is Cc1ccccc1N1CCN(CCC(OC(N)=O)c2ccc(F)cc2)CC1. The van der Waals surface area contributed by atoms with Gasteiger partial charge in [-0.1, -0.05) is 30.3 Å². The van der Waals surface area contributed by atoms with Crippen molar-refractivity contribution in [2.75, 3.05) is 37.6 Å². The molecule has 1 atom stereocenters. The maximum absolute atomic E-state index is 13.1. The number of carbonyl (C=O) groups excluding carboxylic acids is 1. The number of ether oxygens (including phenoxy) is 1. The predicted molar refractivity (Wildman–Crippen MR) is 104 cm³/mol. The summed E-state index contributed by atoms with van der Waals surface area (Å²) in [6.07, 6.45) is -0.648. The lowest BCUT2D eigenvalue weighted by Crippen LogP contribution is -2.47. The number of nitrogens with zero attached hydrogens (tertiary/aromatic N) is 2. The Morgan fingerprint density at radius 1 is 1.11 bits per heavy atom. The largest absolute Gasteiger partial charge is 0.441 e. The minimum absolute atomic E-state index is 0.316. The predicted octanol–water partition coefficient (Wildman–Crippen LogP) is 3.48. The molecule has 1 aliphatic heterocycles. The van der Waals surface area contributed by atoms with Gasteiger partial charge in [-0.3, -0.25) is 4.90 Å². The van der Waals surface area contributed by atoms with Crippen LogP contribution in [-0.4, -0.2) is 43.7 Å². The first kappa shape index (κ1) is 19.2. The van der Waals surface area contributed by atoms with Gasteiger partial charge in [-0.25, -0.2) is 9.18 Å². The minimum Gasteiger partial charge on any atom is -0.441 e. The number of hydrogen-bond donors (Lipinski definition) is 1. The van der Waals surface area contributed by atoms with Gasteiger partial charge in [0.05, 0.1) is 0 Å². The number of hydrogen-bond acceptors (Lipinski definition) is 4. The van der Waals surface area contributed by atoms with E-state index in [4.69, 9.17) is 10.5 Å². The Bertz CT molecular complexity index is 758. The maximum Gasteiger partial charge on any atom is 0.405 e. The number of carbonyl (C=O) groups is 1. The fourth-order valence-corrected chi connectivity index (χ4v) is 3.54. The van der Waals surface area contributed by atoms with Crippen LogP contribution in [0.3, 0.4) is 0 Å². The van der Waals surface area contributed by atoms with Gasteiger partial charge in [-0.15, -0.1) is 0 Å². The second kappa shape index (κ2) is 8.86. The molecule has 0 saturated carbocycles. The lowest BCUT2D eigenvalue weighted by atomic mass is 10.1. The van der Waals surface area contributed by atoms with Gasteiger partial charge in [0.1, 0.15) is 11.9 Å². The van der Waals surface area contributed by atoms with E-state index in [1.165, 1.54) is 23.4 Å². The zero-order valence-electron chi connectivity index (χ0n) is 15.6. The fourth-order valence-electron chi connectivity index (χ4n) is 3.54. The molecule has 144 valence electrons. The van der Waals surface area contributed by atoms with E-state index < -0.39 is 12.2 Å². The lowest BCUT2D eigenvalue weighted by Gasteiger charge is -2.37. The molecule has 0 bridgehead atoms. The summed E-state index contributed by atoms with van der Waals surface area (Å²) < 4.78 is 18.4. The number of halogens is 1. The van der Waals surface area contributed by atoms with E-state index in [2.05, 4.69) is 41.0 Å². The first-order valence-corrected chi connectivity index (χ1v) is 9.27. The maximum atomic E-state index is 13.1. The van der Waals surface area contributed by atoms with Gasteiger partial charge in [0, 0.05) is 44.8 Å². The standard InChI is InChI=1S/C21H26FN3O2/c1-16-4-2-3-5-19(16)25-14-12-24(13-15-25)11-10-20(27-21(23)26)17-6-8-18(22)9-7-17/h2-9,20H,10-15H2,1H3,(H2,23,26). The average molecular weight is 371 g/mol. The molecule has 0 radical (unpaired) electrons. The zero-order valence-corrected chi connectivity index (χ0v) is 15.6. The van der Waals surface area contributed by atoms with Gasteiger partial charge in [0.15, 0.2) is 0 Å². The summed E-state index contributed by atoms with van der Waals surface area (Å²) in [6.45, 7) is 6.74. The molecule has 0 spiro atoms. The summed E-state index contributed by atoms with van der Waals surface area (Å²) in [4.78, 5) is 16.0. The number of rotatable bonds is 6. The van der Waals surface area contributed by atoms with Gasteiger partial charge in [0.25, 0.3) is 0 Å². The zero-order chi connectivity index (χ0) is 19.2. The molecule has 1 amide bonds. The molecule has 27 heavy (non-hydrogen) atoms. The van der Waals surface area contributed by atoms with Crippen molar-refractivity contribution in [3.05, 3.63) is 65.5 Å². The fraction of sp³-hybridized carbons (Fsp3) is 0.381. The molecule has 1 fully saturated rings. The third-order valence-corrected chi connectivity index (χ3v) is 5.04. The molecule has 6 heteroatoms. The monoisotopic (exact) mass is 371 g/mol. The van der Waals surface area contributed by atoms with Crippen molar-refractivity contribution < 1.29 is 13.9 Å². The Morgan fingerprint density at radius 2 is 1.78 bits per heavy atom. The van der Waals surface area contributed by atoms with Gasteiger partial charge >= 0.3 is 6.09 Å². The van der Waals surface area contributed by atoms with Crippen LogP contribution in [0.2, 0.25) is 0 Å². The Labute approximate surface area is 159 Å². The Hall–Kier alpha value is -2.60. The summed E-state index contributed by atoms with van der Waals surface area (Å²) in [6, 6.07) is 14.4. The van der Waals surface area contributed by atoms with Crippen molar-refractivity contribution in [2.45, 2.75) is 19.4 Å². The minimum atomic E-state index is -0.811. The van der Waals surface area contributed by atoms with Crippen LogP contribution in [0.25, 0.3) is 0 Å². The van der Waals surface area contributed by atoms with Gasteiger partial charge in [-0.05, 0) is 36.2 Å². The van der Waals surface area contributed by atoms with Crippen molar-refractivity contribution in [3.8, 4) is 0 Å². The molecule has 1 unspecified atom stereocenters. The Kier molecular flexibility index (Phi) is 6.29. The third-order valence-electron chi connectivity index (χ3n) is 5.04.